The quantitative estimate of drug-likeness (QED) is 0.911. The number of halogens is 3. The third kappa shape index (κ3) is 4.09. The maximum Gasteiger partial charge on any atom is 0.573 e. The summed E-state index contributed by atoms with van der Waals surface area (Å²) in [5, 5.41) is 3.14. The Morgan fingerprint density at radius 3 is 2.50 bits per heavy atom. The Kier molecular flexibility index (Phi) is 3.87. The van der Waals surface area contributed by atoms with Crippen LogP contribution in [0.5, 0.6) is 5.75 Å². The second-order valence-electron chi connectivity index (χ2n) is 5.15. The molecule has 1 aromatic carbocycles. The van der Waals surface area contributed by atoms with E-state index < -0.39 is 6.36 Å². The van der Waals surface area contributed by atoms with Gasteiger partial charge in [0.25, 0.3) is 0 Å². The Balaban J connectivity index is 1.58. The minimum absolute atomic E-state index is 0.227. The molecule has 0 atom stereocenters. The van der Waals surface area contributed by atoms with E-state index >= 15 is 0 Å². The molecule has 4 nitrogen and oxygen atoms in total. The van der Waals surface area contributed by atoms with E-state index in [-0.39, 0.29) is 5.75 Å². The first-order chi connectivity index (χ1) is 10.5. The number of nitrogens with one attached hydrogen (secondary N) is 1. The largest absolute Gasteiger partial charge is 0.573 e. The molecule has 0 aliphatic heterocycles. The average molecular weight is 309 g/mol. The predicted octanol–water partition coefficient (Wildman–Crippen LogP) is 3.86. The van der Waals surface area contributed by atoms with Crippen molar-refractivity contribution in [2.75, 3.05) is 5.32 Å². The van der Waals surface area contributed by atoms with Crippen LogP contribution < -0.4 is 10.1 Å². The van der Waals surface area contributed by atoms with Crippen molar-refractivity contribution >= 4 is 5.82 Å². The Hall–Kier alpha value is -2.31. The van der Waals surface area contributed by atoms with E-state index in [2.05, 4.69) is 20.0 Å². The normalized spacial score (nSPS) is 14.7. The van der Waals surface area contributed by atoms with E-state index in [1.165, 1.54) is 18.5 Å². The van der Waals surface area contributed by atoms with Crippen LogP contribution in [0.4, 0.5) is 19.0 Å². The Labute approximate surface area is 125 Å². The number of rotatable bonds is 5. The van der Waals surface area contributed by atoms with Crippen molar-refractivity contribution < 1.29 is 17.9 Å². The number of ether oxygens (including phenoxy) is 1. The zero-order valence-electron chi connectivity index (χ0n) is 11.6. The van der Waals surface area contributed by atoms with Gasteiger partial charge in [0.05, 0.1) is 0 Å². The van der Waals surface area contributed by atoms with Crippen LogP contribution in [-0.4, -0.2) is 16.3 Å². The molecule has 1 heterocycles. The highest BCUT2D eigenvalue weighted by Gasteiger charge is 2.30. The molecule has 0 radical (unpaired) electrons. The van der Waals surface area contributed by atoms with Crippen LogP contribution in [0.1, 0.15) is 30.0 Å². The summed E-state index contributed by atoms with van der Waals surface area (Å²) in [4.78, 5) is 8.36. The number of nitrogens with zero attached hydrogens (tertiary/aromatic N) is 2. The van der Waals surface area contributed by atoms with Gasteiger partial charge in [0, 0.05) is 24.2 Å². The van der Waals surface area contributed by atoms with Crippen molar-refractivity contribution in [1.82, 2.24) is 9.97 Å². The van der Waals surface area contributed by atoms with Gasteiger partial charge in [-0.2, -0.15) is 0 Å². The van der Waals surface area contributed by atoms with Crippen LogP contribution >= 0.6 is 0 Å². The fourth-order valence-corrected chi connectivity index (χ4v) is 2.07. The number of benzene rings is 1. The minimum Gasteiger partial charge on any atom is -0.406 e. The lowest BCUT2D eigenvalue weighted by molar-refractivity contribution is -0.274. The van der Waals surface area contributed by atoms with Crippen molar-refractivity contribution in [3.05, 3.63) is 47.9 Å². The predicted molar refractivity (Wildman–Crippen MR) is 74.5 cm³/mol. The summed E-state index contributed by atoms with van der Waals surface area (Å²) in [6, 6.07) is 7.66. The molecule has 0 bridgehead atoms. The van der Waals surface area contributed by atoms with Crippen molar-refractivity contribution in [2.45, 2.75) is 31.7 Å². The van der Waals surface area contributed by atoms with Gasteiger partial charge in [-0.3, -0.25) is 0 Å². The molecule has 0 spiro atoms. The summed E-state index contributed by atoms with van der Waals surface area (Å²) in [5.41, 5.74) is 1.87. The molecule has 22 heavy (non-hydrogen) atoms. The fraction of sp³-hybridized carbons (Fsp3) is 0.333. The number of aromatic nitrogens is 2. The van der Waals surface area contributed by atoms with E-state index in [9.17, 15) is 13.2 Å². The summed E-state index contributed by atoms with van der Waals surface area (Å²) < 4.78 is 40.0. The van der Waals surface area contributed by atoms with E-state index in [4.69, 9.17) is 0 Å². The Bertz CT molecular complexity index is 639. The van der Waals surface area contributed by atoms with Crippen molar-refractivity contribution in [1.29, 1.82) is 0 Å². The van der Waals surface area contributed by atoms with Crippen LogP contribution in [0.3, 0.4) is 0 Å². The molecule has 3 rings (SSSR count). The second-order valence-corrected chi connectivity index (χ2v) is 5.15. The third-order valence-electron chi connectivity index (χ3n) is 3.31. The van der Waals surface area contributed by atoms with Crippen LogP contribution in [0.15, 0.2) is 36.7 Å². The summed E-state index contributed by atoms with van der Waals surface area (Å²) >= 11 is 0. The lowest BCUT2D eigenvalue weighted by Crippen LogP contribution is -2.17. The summed E-state index contributed by atoms with van der Waals surface area (Å²) in [6.45, 7) is 0.466. The zero-order chi connectivity index (χ0) is 15.6. The zero-order valence-corrected chi connectivity index (χ0v) is 11.6. The first-order valence-electron chi connectivity index (χ1n) is 6.90. The van der Waals surface area contributed by atoms with Gasteiger partial charge in [-0.15, -0.1) is 13.2 Å². The molecule has 1 aliphatic carbocycles. The van der Waals surface area contributed by atoms with E-state index in [0.717, 1.165) is 24.1 Å². The number of hydrogen-bond acceptors (Lipinski definition) is 4. The van der Waals surface area contributed by atoms with Crippen molar-refractivity contribution in [3.63, 3.8) is 0 Å². The van der Waals surface area contributed by atoms with Gasteiger partial charge in [0.15, 0.2) is 0 Å². The molecule has 116 valence electrons. The molecule has 1 saturated carbocycles. The maximum absolute atomic E-state index is 12.1. The molecule has 2 aromatic rings. The topological polar surface area (TPSA) is 47.0 Å². The molecular formula is C15H14F3N3O. The third-order valence-corrected chi connectivity index (χ3v) is 3.31. The minimum atomic E-state index is -4.67. The first-order valence-corrected chi connectivity index (χ1v) is 6.90. The molecule has 0 saturated heterocycles. The highest BCUT2D eigenvalue weighted by Crippen LogP contribution is 2.39. The molecule has 0 unspecified atom stereocenters. The van der Waals surface area contributed by atoms with Gasteiger partial charge in [-0.05, 0) is 30.5 Å². The van der Waals surface area contributed by atoms with Gasteiger partial charge in [-0.1, -0.05) is 12.1 Å². The van der Waals surface area contributed by atoms with Gasteiger partial charge >= 0.3 is 6.36 Å². The SMILES string of the molecule is FC(F)(F)Oc1ccc(CNc2cc(C3CC3)ncn2)cc1. The van der Waals surface area contributed by atoms with Gasteiger partial charge in [-0.25, -0.2) is 9.97 Å². The van der Waals surface area contributed by atoms with E-state index in [1.807, 2.05) is 6.07 Å². The van der Waals surface area contributed by atoms with Gasteiger partial charge in [0.1, 0.15) is 17.9 Å². The van der Waals surface area contributed by atoms with Crippen molar-refractivity contribution in [3.8, 4) is 5.75 Å². The number of hydrogen-bond donors (Lipinski definition) is 1. The molecule has 1 aromatic heterocycles. The van der Waals surface area contributed by atoms with Crippen molar-refractivity contribution in [2.24, 2.45) is 0 Å². The molecule has 1 aliphatic rings. The summed E-state index contributed by atoms with van der Waals surface area (Å²) in [7, 11) is 0. The van der Waals surface area contributed by atoms with Crippen LogP contribution in [0.25, 0.3) is 0 Å². The van der Waals surface area contributed by atoms with E-state index in [1.54, 1.807) is 12.1 Å². The molecule has 1 N–H and O–H groups in total. The average Bonchev–Trinajstić information content (AvgIpc) is 3.30. The molecular weight excluding hydrogens is 295 g/mol. The lowest BCUT2D eigenvalue weighted by atomic mass is 10.2. The van der Waals surface area contributed by atoms with E-state index in [0.29, 0.717) is 18.3 Å². The highest BCUT2D eigenvalue weighted by molar-refractivity contribution is 5.38. The summed E-state index contributed by atoms with van der Waals surface area (Å²) in [6.07, 6.45) is -0.815. The summed E-state index contributed by atoms with van der Waals surface area (Å²) in [5.74, 6) is 1.03. The number of alkyl halides is 3. The van der Waals surface area contributed by atoms with Crippen LogP contribution in [0, 0.1) is 0 Å². The monoisotopic (exact) mass is 309 g/mol. The second kappa shape index (κ2) is 5.82. The fourth-order valence-electron chi connectivity index (χ4n) is 2.07. The first kappa shape index (κ1) is 14.6. The standard InChI is InChI=1S/C15H14F3N3O/c16-15(17,18)22-12-5-1-10(2-6-12)8-19-14-7-13(11-3-4-11)20-9-21-14/h1-2,5-7,9,11H,3-4,8H2,(H,19,20,21). The highest BCUT2D eigenvalue weighted by atomic mass is 19.4. The Morgan fingerprint density at radius 2 is 1.86 bits per heavy atom. The lowest BCUT2D eigenvalue weighted by Gasteiger charge is -2.10. The maximum atomic E-state index is 12.1. The van der Waals surface area contributed by atoms with Crippen LogP contribution in [0.2, 0.25) is 0 Å². The van der Waals surface area contributed by atoms with Gasteiger partial charge < -0.3 is 10.1 Å². The molecule has 0 amide bonds. The Morgan fingerprint density at radius 1 is 1.14 bits per heavy atom. The van der Waals surface area contributed by atoms with Gasteiger partial charge in [0.2, 0.25) is 0 Å². The number of anilines is 1. The van der Waals surface area contributed by atoms with Crippen LogP contribution in [-0.2, 0) is 6.54 Å². The molecule has 7 heteroatoms. The molecule has 1 fully saturated rings. The smallest absolute Gasteiger partial charge is 0.406 e.